The van der Waals surface area contributed by atoms with Crippen LogP contribution >= 0.6 is 23.2 Å². The molecule has 6 nitrogen and oxygen atoms in total. The van der Waals surface area contributed by atoms with E-state index in [-0.39, 0.29) is 34.2 Å². The van der Waals surface area contributed by atoms with E-state index in [0.29, 0.717) is 40.5 Å². The van der Waals surface area contributed by atoms with Crippen molar-refractivity contribution in [2.45, 2.75) is 24.7 Å². The fourth-order valence-corrected chi connectivity index (χ4v) is 5.27. The number of ketones is 1. The number of nitrogens with two attached hydrogens (primary N) is 1. The number of nitriles is 1. The number of nitrogens with one attached hydrogen (secondary N) is 1. The number of anilines is 2. The minimum atomic E-state index is -1.58. The van der Waals surface area contributed by atoms with Crippen molar-refractivity contribution in [3.8, 4) is 6.07 Å². The van der Waals surface area contributed by atoms with Crippen LogP contribution in [0.25, 0.3) is 0 Å². The van der Waals surface area contributed by atoms with Crippen molar-refractivity contribution in [2.24, 2.45) is 5.73 Å². The van der Waals surface area contributed by atoms with E-state index in [0.717, 1.165) is 0 Å². The Morgan fingerprint density at radius 3 is 2.65 bits per heavy atom. The molecule has 3 aliphatic rings. The van der Waals surface area contributed by atoms with Gasteiger partial charge in [0.15, 0.2) is 5.78 Å². The number of nitrogens with zero attached hydrogens (tertiary/aromatic N) is 2. The molecule has 0 saturated heterocycles. The lowest BCUT2D eigenvalue weighted by molar-refractivity contribution is -0.122. The van der Waals surface area contributed by atoms with Crippen molar-refractivity contribution in [3.05, 3.63) is 80.7 Å². The molecule has 2 aromatic carbocycles. The molecular formula is C23H16Cl2N4O2. The number of allylic oxidation sites excluding steroid dienone is 1. The highest BCUT2D eigenvalue weighted by molar-refractivity contribution is 6.43. The SMILES string of the molecule is N#CC1=C(N)N(c2cccc(Cl)c2Cl)C2=C(C(=O)CCC2)C12C(=O)Nc1ccccc12. The van der Waals surface area contributed by atoms with E-state index in [1.165, 1.54) is 0 Å². The molecule has 154 valence electrons. The lowest BCUT2D eigenvalue weighted by Gasteiger charge is -2.43. The van der Waals surface area contributed by atoms with Crippen LogP contribution in [-0.2, 0) is 15.0 Å². The van der Waals surface area contributed by atoms with Gasteiger partial charge in [-0.05, 0) is 31.0 Å². The van der Waals surface area contributed by atoms with Crippen LogP contribution in [-0.4, -0.2) is 11.7 Å². The molecule has 1 spiro atoms. The normalized spacial score (nSPS) is 22.4. The largest absolute Gasteiger partial charge is 0.384 e. The molecule has 2 aromatic rings. The first kappa shape index (κ1) is 19.7. The predicted molar refractivity (Wildman–Crippen MR) is 118 cm³/mol. The third kappa shape index (κ3) is 2.45. The third-order valence-electron chi connectivity index (χ3n) is 6.11. The van der Waals surface area contributed by atoms with Crippen molar-refractivity contribution in [1.29, 1.82) is 5.26 Å². The van der Waals surface area contributed by atoms with Crippen LogP contribution < -0.4 is 16.0 Å². The summed E-state index contributed by atoms with van der Waals surface area (Å²) in [6, 6.07) is 14.3. The van der Waals surface area contributed by atoms with Crippen LogP contribution in [0.1, 0.15) is 24.8 Å². The molecule has 5 rings (SSSR count). The van der Waals surface area contributed by atoms with Gasteiger partial charge in [-0.15, -0.1) is 0 Å². The maximum absolute atomic E-state index is 13.5. The first-order valence-corrected chi connectivity index (χ1v) is 10.5. The van der Waals surface area contributed by atoms with E-state index < -0.39 is 11.3 Å². The maximum atomic E-state index is 13.5. The van der Waals surface area contributed by atoms with Gasteiger partial charge in [0.25, 0.3) is 0 Å². The molecule has 1 unspecified atom stereocenters. The standard InChI is InChI=1S/C23H16Cl2N4O2/c24-14-6-3-9-17(20(14)25)29-16-8-4-10-18(30)19(16)23(13(11-26)21(29)27)12-5-1-2-7-15(12)28-22(23)31/h1-3,5-7,9H,4,8,10,27H2,(H,28,31). The van der Waals surface area contributed by atoms with Crippen molar-refractivity contribution < 1.29 is 9.59 Å². The van der Waals surface area contributed by atoms with E-state index >= 15 is 0 Å². The summed E-state index contributed by atoms with van der Waals surface area (Å²) in [7, 11) is 0. The Morgan fingerprint density at radius 2 is 1.87 bits per heavy atom. The van der Waals surface area contributed by atoms with Crippen LogP contribution in [0.3, 0.4) is 0 Å². The molecule has 0 bridgehead atoms. The van der Waals surface area contributed by atoms with E-state index in [1.807, 2.05) is 0 Å². The molecule has 0 radical (unpaired) electrons. The summed E-state index contributed by atoms with van der Waals surface area (Å²) >= 11 is 12.7. The number of hydrogen-bond donors (Lipinski definition) is 2. The van der Waals surface area contributed by atoms with Gasteiger partial charge in [-0.2, -0.15) is 5.26 Å². The Kier molecular flexibility index (Phi) is 4.37. The van der Waals surface area contributed by atoms with Crippen molar-refractivity contribution >= 4 is 46.3 Å². The average Bonchev–Trinajstić information content (AvgIpc) is 3.04. The highest BCUT2D eigenvalue weighted by Crippen LogP contribution is 2.55. The number of Topliss-reactive ketones (excluding diaryl/α,β-unsaturated/α-hetero) is 1. The smallest absolute Gasteiger partial charge is 0.245 e. The molecule has 8 heteroatoms. The first-order valence-electron chi connectivity index (χ1n) is 9.75. The van der Waals surface area contributed by atoms with Gasteiger partial charge in [0.1, 0.15) is 17.3 Å². The molecule has 2 aliphatic heterocycles. The quantitative estimate of drug-likeness (QED) is 0.670. The molecule has 31 heavy (non-hydrogen) atoms. The maximum Gasteiger partial charge on any atom is 0.245 e. The summed E-state index contributed by atoms with van der Waals surface area (Å²) in [4.78, 5) is 28.4. The summed E-state index contributed by atoms with van der Waals surface area (Å²) < 4.78 is 0. The first-order chi connectivity index (χ1) is 14.9. The van der Waals surface area contributed by atoms with E-state index in [2.05, 4.69) is 11.4 Å². The second-order valence-electron chi connectivity index (χ2n) is 7.63. The number of carbonyl (C=O) groups excluding carboxylic acids is 2. The second kappa shape index (κ2) is 6.88. The zero-order chi connectivity index (χ0) is 21.9. The monoisotopic (exact) mass is 450 g/mol. The second-order valence-corrected chi connectivity index (χ2v) is 8.41. The Hall–Kier alpha value is -3.27. The molecule has 2 heterocycles. The van der Waals surface area contributed by atoms with Crippen molar-refractivity contribution in [3.63, 3.8) is 0 Å². The molecule has 0 aromatic heterocycles. The van der Waals surface area contributed by atoms with Gasteiger partial charge in [0.05, 0.1) is 21.3 Å². The minimum absolute atomic E-state index is 0.00000724. The van der Waals surface area contributed by atoms with Crippen molar-refractivity contribution in [2.75, 3.05) is 10.2 Å². The molecule has 3 N–H and O–H groups in total. The van der Waals surface area contributed by atoms with Crippen molar-refractivity contribution in [1.82, 2.24) is 0 Å². The van der Waals surface area contributed by atoms with Crippen LogP contribution in [0, 0.1) is 11.3 Å². The number of para-hydroxylation sites is 1. The van der Waals surface area contributed by atoms with Gasteiger partial charge in [-0.25, -0.2) is 0 Å². The number of rotatable bonds is 1. The number of fused-ring (bicyclic) bond motifs is 3. The highest BCUT2D eigenvalue weighted by atomic mass is 35.5. The number of hydrogen-bond acceptors (Lipinski definition) is 5. The molecule has 1 aliphatic carbocycles. The summed E-state index contributed by atoms with van der Waals surface area (Å²) in [5, 5.41) is 13.6. The topological polar surface area (TPSA) is 99.2 Å². The summed E-state index contributed by atoms with van der Waals surface area (Å²) in [5.41, 5.74) is 7.42. The number of carbonyl (C=O) groups is 2. The minimum Gasteiger partial charge on any atom is -0.384 e. The number of benzene rings is 2. The molecule has 0 fully saturated rings. The van der Waals surface area contributed by atoms with E-state index in [1.54, 1.807) is 47.4 Å². The Labute approximate surface area is 188 Å². The highest BCUT2D eigenvalue weighted by Gasteiger charge is 2.60. The number of halogens is 2. The zero-order valence-electron chi connectivity index (χ0n) is 16.2. The van der Waals surface area contributed by atoms with Crippen LogP contribution in [0.15, 0.2) is 65.1 Å². The van der Waals surface area contributed by atoms with Crippen LogP contribution in [0.2, 0.25) is 10.0 Å². The summed E-state index contributed by atoms with van der Waals surface area (Å²) in [5.74, 6) is -0.573. The molecule has 0 saturated carbocycles. The van der Waals surface area contributed by atoms with Gasteiger partial charge >= 0.3 is 0 Å². The Bertz CT molecular complexity index is 1290. The lowest BCUT2D eigenvalue weighted by Crippen LogP contribution is -2.50. The fourth-order valence-electron chi connectivity index (χ4n) is 4.89. The molecule has 1 amide bonds. The fraction of sp³-hybridized carbons (Fsp3) is 0.174. The van der Waals surface area contributed by atoms with Crippen LogP contribution in [0.5, 0.6) is 0 Å². The molecule has 1 atom stereocenters. The van der Waals surface area contributed by atoms with Gasteiger partial charge in [0.2, 0.25) is 5.91 Å². The average molecular weight is 451 g/mol. The van der Waals surface area contributed by atoms with Gasteiger partial charge in [0, 0.05) is 28.9 Å². The summed E-state index contributed by atoms with van der Waals surface area (Å²) in [6.45, 7) is 0. The number of amides is 1. The predicted octanol–water partition coefficient (Wildman–Crippen LogP) is 4.40. The van der Waals surface area contributed by atoms with Gasteiger partial charge in [-0.3, -0.25) is 14.5 Å². The van der Waals surface area contributed by atoms with E-state index in [9.17, 15) is 14.9 Å². The molecular weight excluding hydrogens is 435 g/mol. The van der Waals surface area contributed by atoms with Gasteiger partial charge < -0.3 is 11.1 Å². The Morgan fingerprint density at radius 1 is 1.10 bits per heavy atom. The van der Waals surface area contributed by atoms with Gasteiger partial charge in [-0.1, -0.05) is 47.5 Å². The summed E-state index contributed by atoms with van der Waals surface area (Å²) in [6.07, 6.45) is 1.38. The lowest BCUT2D eigenvalue weighted by atomic mass is 9.64. The Balaban J connectivity index is 1.90. The third-order valence-corrected chi connectivity index (χ3v) is 6.91. The van der Waals surface area contributed by atoms with E-state index in [4.69, 9.17) is 28.9 Å². The zero-order valence-corrected chi connectivity index (χ0v) is 17.7. The van der Waals surface area contributed by atoms with Crippen LogP contribution in [0.4, 0.5) is 11.4 Å².